The smallest absolute Gasteiger partial charge is 0.101 e. The number of benzene rings is 1. The number of aromatic nitrogens is 3. The van der Waals surface area contributed by atoms with Crippen LogP contribution in [-0.2, 0) is 0 Å². The van der Waals surface area contributed by atoms with Crippen molar-refractivity contribution in [3.8, 4) is 11.8 Å². The molecular formula is C9H5BrN4. The molecule has 5 heteroatoms. The highest BCUT2D eigenvalue weighted by molar-refractivity contribution is 9.10. The zero-order valence-corrected chi connectivity index (χ0v) is 8.64. The summed E-state index contributed by atoms with van der Waals surface area (Å²) in [6.07, 6.45) is 3.27. The van der Waals surface area contributed by atoms with Crippen LogP contribution in [0.1, 0.15) is 5.56 Å². The van der Waals surface area contributed by atoms with E-state index in [0.29, 0.717) is 5.56 Å². The van der Waals surface area contributed by atoms with Crippen LogP contribution >= 0.6 is 15.9 Å². The molecule has 4 nitrogen and oxygen atoms in total. The van der Waals surface area contributed by atoms with Gasteiger partial charge < -0.3 is 0 Å². The second-order valence-corrected chi connectivity index (χ2v) is 3.54. The summed E-state index contributed by atoms with van der Waals surface area (Å²) in [5, 5.41) is 16.4. The molecule has 0 bridgehead atoms. The van der Waals surface area contributed by atoms with Crippen molar-refractivity contribution in [2.75, 3.05) is 0 Å². The molecule has 1 heterocycles. The Morgan fingerprint density at radius 3 is 2.93 bits per heavy atom. The highest BCUT2D eigenvalue weighted by Gasteiger charge is 2.04. The topological polar surface area (TPSA) is 54.5 Å². The third kappa shape index (κ3) is 1.52. The summed E-state index contributed by atoms with van der Waals surface area (Å²) >= 11 is 3.30. The van der Waals surface area contributed by atoms with Crippen molar-refractivity contribution in [3.63, 3.8) is 0 Å². The number of hydrogen-bond acceptors (Lipinski definition) is 3. The lowest BCUT2D eigenvalue weighted by Gasteiger charge is -2.02. The van der Waals surface area contributed by atoms with E-state index >= 15 is 0 Å². The van der Waals surface area contributed by atoms with E-state index in [1.165, 1.54) is 0 Å². The van der Waals surface area contributed by atoms with Crippen LogP contribution < -0.4 is 0 Å². The molecule has 0 N–H and O–H groups in total. The Kier molecular flexibility index (Phi) is 2.29. The van der Waals surface area contributed by atoms with Gasteiger partial charge in [-0.1, -0.05) is 21.1 Å². The van der Waals surface area contributed by atoms with Crippen molar-refractivity contribution in [3.05, 3.63) is 40.6 Å². The Hall–Kier alpha value is -1.67. The fraction of sp³-hybridized carbons (Fsp3) is 0. The van der Waals surface area contributed by atoms with Crippen LogP contribution in [0.2, 0.25) is 0 Å². The molecule has 0 radical (unpaired) electrons. The van der Waals surface area contributed by atoms with Gasteiger partial charge in [0, 0.05) is 4.47 Å². The molecule has 1 aromatic heterocycles. The normalized spacial score (nSPS) is 9.71. The third-order valence-corrected chi connectivity index (χ3v) is 2.24. The van der Waals surface area contributed by atoms with E-state index in [4.69, 9.17) is 5.26 Å². The largest absolute Gasteiger partial charge is 0.219 e. The standard InChI is InChI=1S/C9H5BrN4/c10-8-1-2-9(7(5-8)6-11)14-4-3-12-13-14/h1-5H. The molecule has 0 aliphatic heterocycles. The van der Waals surface area contributed by atoms with E-state index in [2.05, 4.69) is 32.3 Å². The molecule has 1 aromatic carbocycles. The van der Waals surface area contributed by atoms with Crippen molar-refractivity contribution in [1.82, 2.24) is 15.0 Å². The predicted molar refractivity (Wildman–Crippen MR) is 53.8 cm³/mol. The maximum absolute atomic E-state index is 8.91. The van der Waals surface area contributed by atoms with Crippen molar-refractivity contribution in [2.24, 2.45) is 0 Å². The average molecular weight is 249 g/mol. The monoisotopic (exact) mass is 248 g/mol. The van der Waals surface area contributed by atoms with Gasteiger partial charge in [0.05, 0.1) is 23.6 Å². The molecule has 0 fully saturated rings. The number of halogens is 1. The van der Waals surface area contributed by atoms with Crippen molar-refractivity contribution in [1.29, 1.82) is 5.26 Å². The minimum atomic E-state index is 0.560. The third-order valence-electron chi connectivity index (χ3n) is 1.75. The van der Waals surface area contributed by atoms with Gasteiger partial charge in [-0.2, -0.15) is 5.26 Å². The van der Waals surface area contributed by atoms with Crippen LogP contribution in [0.3, 0.4) is 0 Å². The summed E-state index contributed by atoms with van der Waals surface area (Å²) in [5.41, 5.74) is 1.29. The van der Waals surface area contributed by atoms with Gasteiger partial charge in [0.25, 0.3) is 0 Å². The Labute approximate surface area is 88.9 Å². The number of rotatable bonds is 1. The van der Waals surface area contributed by atoms with Gasteiger partial charge in [0.15, 0.2) is 0 Å². The number of hydrogen-bond donors (Lipinski definition) is 0. The molecule has 0 aliphatic rings. The fourth-order valence-corrected chi connectivity index (χ4v) is 1.50. The molecule has 0 saturated carbocycles. The second kappa shape index (κ2) is 3.60. The van der Waals surface area contributed by atoms with Gasteiger partial charge in [-0.15, -0.1) is 5.10 Å². The van der Waals surface area contributed by atoms with Crippen LogP contribution in [0.5, 0.6) is 0 Å². The molecule has 68 valence electrons. The molecule has 0 unspecified atom stereocenters. The predicted octanol–water partition coefficient (Wildman–Crippen LogP) is 1.90. The Bertz CT molecular complexity index is 484. The molecule has 14 heavy (non-hydrogen) atoms. The molecule has 0 atom stereocenters. The van der Waals surface area contributed by atoms with Crippen LogP contribution in [0, 0.1) is 11.3 Å². The Morgan fingerprint density at radius 1 is 1.43 bits per heavy atom. The molecule has 0 aliphatic carbocycles. The maximum atomic E-state index is 8.91. The Morgan fingerprint density at radius 2 is 2.29 bits per heavy atom. The SMILES string of the molecule is N#Cc1cc(Br)ccc1-n1ccnn1. The quantitative estimate of drug-likeness (QED) is 0.775. The molecule has 2 rings (SSSR count). The van der Waals surface area contributed by atoms with Crippen molar-refractivity contribution >= 4 is 15.9 Å². The number of nitriles is 1. The first-order valence-corrected chi connectivity index (χ1v) is 4.67. The summed E-state index contributed by atoms with van der Waals surface area (Å²) in [7, 11) is 0. The summed E-state index contributed by atoms with van der Waals surface area (Å²) in [6.45, 7) is 0. The average Bonchev–Trinajstić information content (AvgIpc) is 2.70. The lowest BCUT2D eigenvalue weighted by molar-refractivity contribution is 0.801. The van der Waals surface area contributed by atoms with E-state index in [1.807, 2.05) is 12.1 Å². The first-order valence-electron chi connectivity index (χ1n) is 3.87. The zero-order chi connectivity index (χ0) is 9.97. The number of nitrogens with zero attached hydrogens (tertiary/aromatic N) is 4. The van der Waals surface area contributed by atoms with Gasteiger partial charge >= 0.3 is 0 Å². The van der Waals surface area contributed by atoms with E-state index in [-0.39, 0.29) is 0 Å². The fourth-order valence-electron chi connectivity index (χ4n) is 1.13. The minimum Gasteiger partial charge on any atom is -0.219 e. The minimum absolute atomic E-state index is 0.560. The molecule has 0 spiro atoms. The summed E-state index contributed by atoms with van der Waals surface area (Å²) in [6, 6.07) is 7.53. The summed E-state index contributed by atoms with van der Waals surface area (Å²) in [4.78, 5) is 0. The van der Waals surface area contributed by atoms with Gasteiger partial charge in [0.1, 0.15) is 6.07 Å². The van der Waals surface area contributed by atoms with Crippen molar-refractivity contribution < 1.29 is 0 Å². The first kappa shape index (κ1) is 8.91. The molecule has 0 amide bonds. The molecular weight excluding hydrogens is 244 g/mol. The molecule has 2 aromatic rings. The summed E-state index contributed by atoms with van der Waals surface area (Å²) in [5.74, 6) is 0. The van der Waals surface area contributed by atoms with E-state index < -0.39 is 0 Å². The Balaban J connectivity index is 2.60. The highest BCUT2D eigenvalue weighted by Crippen LogP contribution is 2.18. The lowest BCUT2D eigenvalue weighted by Crippen LogP contribution is -1.98. The van der Waals surface area contributed by atoms with Gasteiger partial charge in [0.2, 0.25) is 0 Å². The first-order chi connectivity index (χ1) is 6.81. The van der Waals surface area contributed by atoms with E-state index in [0.717, 1.165) is 10.2 Å². The van der Waals surface area contributed by atoms with E-state index in [1.54, 1.807) is 23.1 Å². The van der Waals surface area contributed by atoms with Crippen molar-refractivity contribution in [2.45, 2.75) is 0 Å². The zero-order valence-electron chi connectivity index (χ0n) is 7.05. The van der Waals surface area contributed by atoms with Crippen LogP contribution in [0.15, 0.2) is 35.1 Å². The lowest BCUT2D eigenvalue weighted by atomic mass is 10.2. The summed E-state index contributed by atoms with van der Waals surface area (Å²) < 4.78 is 2.43. The van der Waals surface area contributed by atoms with E-state index in [9.17, 15) is 0 Å². The second-order valence-electron chi connectivity index (χ2n) is 2.62. The van der Waals surface area contributed by atoms with Gasteiger partial charge in [-0.05, 0) is 18.2 Å². The van der Waals surface area contributed by atoms with Crippen LogP contribution in [0.4, 0.5) is 0 Å². The van der Waals surface area contributed by atoms with Gasteiger partial charge in [-0.3, -0.25) is 0 Å². The van der Waals surface area contributed by atoms with Crippen LogP contribution in [-0.4, -0.2) is 15.0 Å². The molecule has 0 saturated heterocycles. The maximum Gasteiger partial charge on any atom is 0.101 e. The van der Waals surface area contributed by atoms with Crippen LogP contribution in [0.25, 0.3) is 5.69 Å². The highest BCUT2D eigenvalue weighted by atomic mass is 79.9. The van der Waals surface area contributed by atoms with Gasteiger partial charge in [-0.25, -0.2) is 4.68 Å².